The highest BCUT2D eigenvalue weighted by molar-refractivity contribution is 7.89. The summed E-state index contributed by atoms with van der Waals surface area (Å²) in [4.78, 5) is 13.1. The molecule has 0 bridgehead atoms. The van der Waals surface area contributed by atoms with Crippen LogP contribution in [0.15, 0.2) is 65.7 Å². The van der Waals surface area contributed by atoms with E-state index in [1.165, 1.54) is 5.56 Å². The molecular formula is C26H33N3O3S. The van der Waals surface area contributed by atoms with Gasteiger partial charge in [-0.15, -0.1) is 0 Å². The van der Waals surface area contributed by atoms with Crippen molar-refractivity contribution in [2.24, 2.45) is 0 Å². The van der Waals surface area contributed by atoms with Gasteiger partial charge in [-0.2, -0.15) is 4.31 Å². The van der Waals surface area contributed by atoms with Gasteiger partial charge in [-0.05, 0) is 62.4 Å². The van der Waals surface area contributed by atoms with Gasteiger partial charge in [-0.25, -0.2) is 8.42 Å². The Balaban J connectivity index is 1.41. The minimum atomic E-state index is -3.50. The van der Waals surface area contributed by atoms with Gasteiger partial charge in [-0.3, -0.25) is 4.79 Å². The third-order valence-electron chi connectivity index (χ3n) is 6.48. The molecule has 3 aromatic rings. The molecule has 6 nitrogen and oxygen atoms in total. The molecule has 1 unspecified atom stereocenters. The summed E-state index contributed by atoms with van der Waals surface area (Å²) in [6.07, 6.45) is 7.66. The molecule has 0 aliphatic carbocycles. The van der Waals surface area contributed by atoms with Gasteiger partial charge in [0.25, 0.3) is 0 Å². The molecule has 2 heterocycles. The number of hydrogen-bond donors (Lipinski definition) is 1. The minimum Gasteiger partial charge on any atom is -0.354 e. The van der Waals surface area contributed by atoms with E-state index in [9.17, 15) is 13.2 Å². The maximum atomic E-state index is 13.1. The summed E-state index contributed by atoms with van der Waals surface area (Å²) in [6, 6.07) is 17.0. The average Bonchev–Trinajstić information content (AvgIpc) is 3.05. The number of fused-ring (bicyclic) bond motifs is 1. The molecule has 1 aliphatic rings. The van der Waals surface area contributed by atoms with Crippen molar-refractivity contribution in [2.75, 3.05) is 19.6 Å². The SMILES string of the molecule is CC(C(=O)NCCCc1ccccc1)n1ccc2cc(S(=O)(=O)N3CCCCCC3)ccc21. The summed E-state index contributed by atoms with van der Waals surface area (Å²) in [5.74, 6) is -0.0400. The zero-order chi connectivity index (χ0) is 23.3. The second-order valence-corrected chi connectivity index (χ2v) is 10.8. The van der Waals surface area contributed by atoms with Gasteiger partial charge in [-0.1, -0.05) is 43.2 Å². The highest BCUT2D eigenvalue weighted by atomic mass is 32.2. The molecule has 2 aromatic carbocycles. The molecule has 1 atom stereocenters. The van der Waals surface area contributed by atoms with E-state index in [1.807, 2.05) is 48.0 Å². The summed E-state index contributed by atoms with van der Waals surface area (Å²) in [7, 11) is -3.50. The van der Waals surface area contributed by atoms with Crippen LogP contribution in [0.4, 0.5) is 0 Å². The van der Waals surface area contributed by atoms with E-state index in [1.54, 1.807) is 16.4 Å². The first kappa shape index (κ1) is 23.5. The Bertz CT molecular complexity index is 1180. The maximum absolute atomic E-state index is 13.1. The number of hydrogen-bond acceptors (Lipinski definition) is 3. The first-order chi connectivity index (χ1) is 16.0. The predicted molar refractivity (Wildman–Crippen MR) is 132 cm³/mol. The molecule has 7 heteroatoms. The number of aryl methyl sites for hydroxylation is 1. The minimum absolute atomic E-state index is 0.0400. The third kappa shape index (κ3) is 5.47. The molecule has 0 spiro atoms. The summed E-state index contributed by atoms with van der Waals surface area (Å²) in [6.45, 7) is 3.66. The molecule has 0 radical (unpaired) electrons. The lowest BCUT2D eigenvalue weighted by Crippen LogP contribution is -2.32. The van der Waals surface area contributed by atoms with Crippen LogP contribution in [0.3, 0.4) is 0 Å². The van der Waals surface area contributed by atoms with E-state index in [0.29, 0.717) is 24.5 Å². The van der Waals surface area contributed by atoms with Crippen LogP contribution < -0.4 is 5.32 Å². The Morgan fingerprint density at radius 2 is 1.73 bits per heavy atom. The zero-order valence-electron chi connectivity index (χ0n) is 19.2. The number of carbonyl (C=O) groups is 1. The van der Waals surface area contributed by atoms with Crippen molar-refractivity contribution >= 4 is 26.8 Å². The molecule has 1 N–H and O–H groups in total. The van der Waals surface area contributed by atoms with Crippen LogP contribution >= 0.6 is 0 Å². The van der Waals surface area contributed by atoms with Gasteiger partial charge in [0.05, 0.1) is 4.90 Å². The molecule has 1 saturated heterocycles. The second-order valence-electron chi connectivity index (χ2n) is 8.82. The van der Waals surface area contributed by atoms with Gasteiger partial charge in [0, 0.05) is 36.7 Å². The first-order valence-corrected chi connectivity index (χ1v) is 13.3. The van der Waals surface area contributed by atoms with Crippen molar-refractivity contribution in [3.63, 3.8) is 0 Å². The van der Waals surface area contributed by atoms with Crippen molar-refractivity contribution in [3.8, 4) is 0 Å². The van der Waals surface area contributed by atoms with Crippen LogP contribution in [0.2, 0.25) is 0 Å². The normalized spacial score (nSPS) is 16.4. The fourth-order valence-electron chi connectivity index (χ4n) is 4.49. The molecule has 0 saturated carbocycles. The van der Waals surface area contributed by atoms with Crippen molar-refractivity contribution in [3.05, 3.63) is 66.4 Å². The lowest BCUT2D eigenvalue weighted by atomic mass is 10.1. The van der Waals surface area contributed by atoms with Crippen LogP contribution in [-0.4, -0.2) is 42.8 Å². The van der Waals surface area contributed by atoms with Crippen molar-refractivity contribution in [2.45, 2.75) is 56.4 Å². The van der Waals surface area contributed by atoms with Crippen LogP contribution in [-0.2, 0) is 21.2 Å². The van der Waals surface area contributed by atoms with E-state index in [-0.39, 0.29) is 11.9 Å². The molecule has 1 aliphatic heterocycles. The fraction of sp³-hybridized carbons (Fsp3) is 0.423. The number of nitrogens with one attached hydrogen (secondary N) is 1. The summed E-state index contributed by atoms with van der Waals surface area (Å²) in [5, 5.41) is 3.86. The molecule has 1 amide bonds. The van der Waals surface area contributed by atoms with E-state index in [4.69, 9.17) is 0 Å². The molecule has 33 heavy (non-hydrogen) atoms. The van der Waals surface area contributed by atoms with Crippen molar-refractivity contribution < 1.29 is 13.2 Å². The summed E-state index contributed by atoms with van der Waals surface area (Å²) in [5.41, 5.74) is 2.12. The number of amides is 1. The van der Waals surface area contributed by atoms with E-state index in [2.05, 4.69) is 17.4 Å². The number of benzene rings is 2. The first-order valence-electron chi connectivity index (χ1n) is 11.9. The monoisotopic (exact) mass is 467 g/mol. The number of aromatic nitrogens is 1. The standard InChI is InChI=1S/C26H33N3O3S/c1-21(26(30)27-16-9-12-22-10-5-4-6-11-22)29-19-15-23-20-24(13-14-25(23)29)33(31,32)28-17-7-2-3-8-18-28/h4-6,10-11,13-15,19-21H,2-3,7-9,12,16-18H2,1H3,(H,27,30). The average molecular weight is 468 g/mol. The van der Waals surface area contributed by atoms with Gasteiger partial charge in [0.15, 0.2) is 0 Å². The Hall–Kier alpha value is -2.64. The number of carbonyl (C=O) groups excluding carboxylic acids is 1. The summed E-state index contributed by atoms with van der Waals surface area (Å²) < 4.78 is 29.8. The van der Waals surface area contributed by atoms with Gasteiger partial charge >= 0.3 is 0 Å². The van der Waals surface area contributed by atoms with Crippen LogP contribution in [0.25, 0.3) is 10.9 Å². The lowest BCUT2D eigenvalue weighted by Gasteiger charge is -2.20. The highest BCUT2D eigenvalue weighted by Crippen LogP contribution is 2.26. The number of sulfonamides is 1. The maximum Gasteiger partial charge on any atom is 0.243 e. The highest BCUT2D eigenvalue weighted by Gasteiger charge is 2.26. The number of rotatable bonds is 8. The van der Waals surface area contributed by atoms with E-state index < -0.39 is 10.0 Å². The van der Waals surface area contributed by atoms with Crippen LogP contribution in [0.5, 0.6) is 0 Å². The molecule has 176 valence electrons. The quantitative estimate of drug-likeness (QED) is 0.495. The lowest BCUT2D eigenvalue weighted by molar-refractivity contribution is -0.123. The van der Waals surface area contributed by atoms with Crippen molar-refractivity contribution in [1.29, 1.82) is 0 Å². The molecule has 4 rings (SSSR count). The Morgan fingerprint density at radius 1 is 1.00 bits per heavy atom. The molecule has 1 aromatic heterocycles. The van der Waals surface area contributed by atoms with E-state index in [0.717, 1.165) is 49.4 Å². The third-order valence-corrected chi connectivity index (χ3v) is 8.37. The van der Waals surface area contributed by atoms with Crippen LogP contribution in [0, 0.1) is 0 Å². The van der Waals surface area contributed by atoms with Crippen molar-refractivity contribution in [1.82, 2.24) is 14.2 Å². The predicted octanol–water partition coefficient (Wildman–Crippen LogP) is 4.52. The molecular weight excluding hydrogens is 434 g/mol. The zero-order valence-corrected chi connectivity index (χ0v) is 20.1. The largest absolute Gasteiger partial charge is 0.354 e. The smallest absolute Gasteiger partial charge is 0.243 e. The van der Waals surface area contributed by atoms with Gasteiger partial charge in [0.1, 0.15) is 6.04 Å². The fourth-order valence-corrected chi connectivity index (χ4v) is 6.05. The Kier molecular flexibility index (Phi) is 7.50. The van der Waals surface area contributed by atoms with Gasteiger partial charge < -0.3 is 9.88 Å². The van der Waals surface area contributed by atoms with Crippen LogP contribution in [0.1, 0.15) is 50.6 Å². The van der Waals surface area contributed by atoms with E-state index >= 15 is 0 Å². The van der Waals surface area contributed by atoms with Gasteiger partial charge in [0.2, 0.25) is 15.9 Å². The Morgan fingerprint density at radius 3 is 2.45 bits per heavy atom. The second kappa shape index (κ2) is 10.5. The Labute approximate surface area is 196 Å². The summed E-state index contributed by atoms with van der Waals surface area (Å²) >= 11 is 0. The molecule has 1 fully saturated rings. The topological polar surface area (TPSA) is 71.4 Å². The number of nitrogens with zero attached hydrogens (tertiary/aromatic N) is 2.